The highest BCUT2D eigenvalue weighted by Crippen LogP contribution is 2.29. The Bertz CT molecular complexity index is 279. The monoisotopic (exact) mass is 280 g/mol. The minimum Gasteiger partial charge on any atom is -0.356 e. The molecule has 1 amide bonds. The van der Waals surface area contributed by atoms with Crippen LogP contribution in [0.5, 0.6) is 0 Å². The van der Waals surface area contributed by atoms with Crippen LogP contribution >= 0.6 is 0 Å². The lowest BCUT2D eigenvalue weighted by atomic mass is 9.81. The number of nitrogens with one attached hydrogen (secondary N) is 2. The third-order valence-electron chi connectivity index (χ3n) is 5.19. The summed E-state index contributed by atoms with van der Waals surface area (Å²) in [5.41, 5.74) is 0. The highest BCUT2D eigenvalue weighted by atomic mass is 16.1. The van der Waals surface area contributed by atoms with Gasteiger partial charge in [0.1, 0.15) is 0 Å². The maximum atomic E-state index is 11.8. The molecule has 1 saturated carbocycles. The lowest BCUT2D eigenvalue weighted by molar-refractivity contribution is -0.121. The van der Waals surface area contributed by atoms with Crippen molar-refractivity contribution in [3.05, 3.63) is 0 Å². The van der Waals surface area contributed by atoms with Gasteiger partial charge in [0.15, 0.2) is 0 Å². The summed E-state index contributed by atoms with van der Waals surface area (Å²) in [5, 5.41) is 6.54. The molecular formula is C17H32N2O. The SMILES string of the molecule is CC1CCC(CCNC(=O)CCC2CCCNC2)CC1. The molecule has 0 aromatic rings. The second-order valence-electron chi connectivity index (χ2n) is 7.02. The molecule has 0 radical (unpaired) electrons. The van der Waals surface area contributed by atoms with Crippen LogP contribution in [0.4, 0.5) is 0 Å². The Morgan fingerprint density at radius 3 is 2.60 bits per heavy atom. The molecule has 0 bridgehead atoms. The Kier molecular flexibility index (Phi) is 6.85. The van der Waals surface area contributed by atoms with Gasteiger partial charge < -0.3 is 10.6 Å². The predicted molar refractivity (Wildman–Crippen MR) is 83.6 cm³/mol. The van der Waals surface area contributed by atoms with Gasteiger partial charge in [0.2, 0.25) is 5.91 Å². The van der Waals surface area contributed by atoms with Crippen LogP contribution in [0.25, 0.3) is 0 Å². The zero-order chi connectivity index (χ0) is 14.2. The maximum absolute atomic E-state index is 11.8. The molecule has 2 N–H and O–H groups in total. The van der Waals surface area contributed by atoms with E-state index in [0.29, 0.717) is 12.3 Å². The fourth-order valence-electron chi connectivity index (χ4n) is 3.63. The van der Waals surface area contributed by atoms with Gasteiger partial charge >= 0.3 is 0 Å². The molecular weight excluding hydrogens is 248 g/mol. The van der Waals surface area contributed by atoms with Crippen LogP contribution in [0.2, 0.25) is 0 Å². The molecule has 116 valence electrons. The van der Waals surface area contributed by atoms with Crippen molar-refractivity contribution >= 4 is 5.91 Å². The Morgan fingerprint density at radius 2 is 1.90 bits per heavy atom. The van der Waals surface area contributed by atoms with E-state index >= 15 is 0 Å². The van der Waals surface area contributed by atoms with Gasteiger partial charge in [0.25, 0.3) is 0 Å². The summed E-state index contributed by atoms with van der Waals surface area (Å²) in [5.74, 6) is 2.76. The summed E-state index contributed by atoms with van der Waals surface area (Å²) in [6.07, 6.45) is 11.0. The smallest absolute Gasteiger partial charge is 0.220 e. The lowest BCUT2D eigenvalue weighted by Crippen LogP contribution is -2.31. The summed E-state index contributed by atoms with van der Waals surface area (Å²) in [6, 6.07) is 0. The van der Waals surface area contributed by atoms with E-state index in [4.69, 9.17) is 0 Å². The van der Waals surface area contributed by atoms with Gasteiger partial charge in [0.05, 0.1) is 0 Å². The van der Waals surface area contributed by atoms with E-state index in [-0.39, 0.29) is 5.91 Å². The van der Waals surface area contributed by atoms with Crippen molar-refractivity contribution in [1.29, 1.82) is 0 Å². The Morgan fingerprint density at radius 1 is 1.10 bits per heavy atom. The fourth-order valence-corrected chi connectivity index (χ4v) is 3.63. The van der Waals surface area contributed by atoms with Crippen LogP contribution in [-0.2, 0) is 4.79 Å². The Balaban J connectivity index is 1.49. The van der Waals surface area contributed by atoms with Crippen molar-refractivity contribution in [2.24, 2.45) is 17.8 Å². The Hall–Kier alpha value is -0.570. The number of carbonyl (C=O) groups excluding carboxylic acids is 1. The average molecular weight is 280 g/mol. The number of piperidine rings is 1. The summed E-state index contributed by atoms with van der Waals surface area (Å²) < 4.78 is 0. The van der Waals surface area contributed by atoms with Crippen LogP contribution in [0.1, 0.15) is 64.7 Å². The van der Waals surface area contributed by atoms with Gasteiger partial charge in [-0.25, -0.2) is 0 Å². The van der Waals surface area contributed by atoms with Crippen LogP contribution in [0.3, 0.4) is 0 Å². The predicted octanol–water partition coefficient (Wildman–Crippen LogP) is 3.10. The molecule has 20 heavy (non-hydrogen) atoms. The van der Waals surface area contributed by atoms with E-state index in [1.807, 2.05) is 0 Å². The quantitative estimate of drug-likeness (QED) is 0.785. The highest BCUT2D eigenvalue weighted by molar-refractivity contribution is 5.75. The summed E-state index contributed by atoms with van der Waals surface area (Å²) >= 11 is 0. The highest BCUT2D eigenvalue weighted by Gasteiger charge is 2.18. The first kappa shape index (κ1) is 15.8. The zero-order valence-electron chi connectivity index (χ0n) is 13.1. The molecule has 2 fully saturated rings. The second kappa shape index (κ2) is 8.66. The molecule has 0 aromatic heterocycles. The van der Waals surface area contributed by atoms with E-state index in [0.717, 1.165) is 37.9 Å². The molecule has 0 aromatic carbocycles. The van der Waals surface area contributed by atoms with E-state index in [9.17, 15) is 4.79 Å². The summed E-state index contributed by atoms with van der Waals surface area (Å²) in [6.45, 7) is 5.51. The van der Waals surface area contributed by atoms with Crippen molar-refractivity contribution in [2.75, 3.05) is 19.6 Å². The molecule has 3 nitrogen and oxygen atoms in total. The van der Waals surface area contributed by atoms with Crippen LogP contribution in [0, 0.1) is 17.8 Å². The minimum absolute atomic E-state index is 0.264. The van der Waals surface area contributed by atoms with Crippen LogP contribution in [0.15, 0.2) is 0 Å². The second-order valence-corrected chi connectivity index (χ2v) is 7.02. The van der Waals surface area contributed by atoms with Gasteiger partial charge in [-0.3, -0.25) is 4.79 Å². The Labute approximate surface area is 124 Å². The van der Waals surface area contributed by atoms with Gasteiger partial charge in [-0.15, -0.1) is 0 Å². The first-order valence-corrected chi connectivity index (χ1v) is 8.71. The van der Waals surface area contributed by atoms with E-state index < -0.39 is 0 Å². The topological polar surface area (TPSA) is 41.1 Å². The van der Waals surface area contributed by atoms with Crippen molar-refractivity contribution in [3.63, 3.8) is 0 Å². The first-order chi connectivity index (χ1) is 9.74. The number of hydrogen-bond donors (Lipinski definition) is 2. The standard InChI is InChI=1S/C17H32N2O/c1-14-4-6-15(7-5-14)10-12-19-17(20)9-8-16-3-2-11-18-13-16/h14-16,18H,2-13H2,1H3,(H,19,20). The van der Waals surface area contributed by atoms with E-state index in [2.05, 4.69) is 17.6 Å². The van der Waals surface area contributed by atoms with E-state index in [1.54, 1.807) is 0 Å². The molecule has 1 atom stereocenters. The molecule has 1 heterocycles. The summed E-state index contributed by atoms with van der Waals surface area (Å²) in [7, 11) is 0. The molecule has 1 aliphatic heterocycles. The van der Waals surface area contributed by atoms with Gasteiger partial charge in [-0.2, -0.15) is 0 Å². The van der Waals surface area contributed by atoms with Crippen LogP contribution < -0.4 is 10.6 Å². The van der Waals surface area contributed by atoms with Crippen molar-refractivity contribution in [2.45, 2.75) is 64.7 Å². The number of carbonyl (C=O) groups is 1. The first-order valence-electron chi connectivity index (χ1n) is 8.71. The van der Waals surface area contributed by atoms with Gasteiger partial charge in [-0.05, 0) is 56.5 Å². The summed E-state index contributed by atoms with van der Waals surface area (Å²) in [4.78, 5) is 11.8. The number of rotatable bonds is 6. The number of amides is 1. The normalized spacial score (nSPS) is 30.9. The third kappa shape index (κ3) is 5.82. The van der Waals surface area contributed by atoms with Crippen molar-refractivity contribution < 1.29 is 4.79 Å². The molecule has 1 aliphatic carbocycles. The molecule has 1 unspecified atom stereocenters. The zero-order valence-corrected chi connectivity index (χ0v) is 13.1. The molecule has 1 saturated heterocycles. The van der Waals surface area contributed by atoms with Crippen LogP contribution in [-0.4, -0.2) is 25.5 Å². The van der Waals surface area contributed by atoms with Crippen molar-refractivity contribution in [1.82, 2.24) is 10.6 Å². The minimum atomic E-state index is 0.264. The lowest BCUT2D eigenvalue weighted by Gasteiger charge is -2.26. The fraction of sp³-hybridized carbons (Fsp3) is 0.941. The largest absolute Gasteiger partial charge is 0.356 e. The molecule has 2 aliphatic rings. The molecule has 3 heteroatoms. The average Bonchev–Trinajstić information content (AvgIpc) is 2.48. The molecule has 0 spiro atoms. The van der Waals surface area contributed by atoms with Crippen molar-refractivity contribution in [3.8, 4) is 0 Å². The third-order valence-corrected chi connectivity index (χ3v) is 5.19. The van der Waals surface area contributed by atoms with Gasteiger partial charge in [-0.1, -0.05) is 32.6 Å². The van der Waals surface area contributed by atoms with Gasteiger partial charge in [0, 0.05) is 13.0 Å². The van der Waals surface area contributed by atoms with E-state index in [1.165, 1.54) is 44.9 Å². The number of hydrogen-bond acceptors (Lipinski definition) is 2. The molecule has 2 rings (SSSR count). The maximum Gasteiger partial charge on any atom is 0.220 e.